The summed E-state index contributed by atoms with van der Waals surface area (Å²) in [5.74, 6) is -0.625. The van der Waals surface area contributed by atoms with Crippen LogP contribution in [0.1, 0.15) is 56.0 Å². The first kappa shape index (κ1) is 51.4. The summed E-state index contributed by atoms with van der Waals surface area (Å²) in [5, 5.41) is 38.3. The number of nitrogens with two attached hydrogens (primary N) is 1. The van der Waals surface area contributed by atoms with Crippen LogP contribution in [0.15, 0.2) is 103 Å². The number of ether oxygens (including phenoxy) is 1. The molecule has 0 amide bonds. The monoisotopic (exact) mass is 994 g/mol. The summed E-state index contributed by atoms with van der Waals surface area (Å²) in [6.07, 6.45) is 0.515. The van der Waals surface area contributed by atoms with E-state index in [4.69, 9.17) is 55.8 Å². The van der Waals surface area contributed by atoms with Gasteiger partial charge in [-0.25, -0.2) is 4.79 Å². The second-order valence-electron chi connectivity index (χ2n) is 10.9. The van der Waals surface area contributed by atoms with Gasteiger partial charge in [-0.3, -0.25) is 0 Å². The minimum absolute atomic E-state index is 0. The van der Waals surface area contributed by atoms with Gasteiger partial charge in [0.1, 0.15) is 11.5 Å². The summed E-state index contributed by atoms with van der Waals surface area (Å²) in [6, 6.07) is 34.9. The van der Waals surface area contributed by atoms with Crippen LogP contribution in [0.5, 0.6) is 0 Å². The molecule has 1 aliphatic rings. The van der Waals surface area contributed by atoms with E-state index in [-0.39, 0.29) is 70.1 Å². The van der Waals surface area contributed by atoms with Gasteiger partial charge in [0, 0.05) is 52.8 Å². The molecule has 0 aliphatic heterocycles. The third kappa shape index (κ3) is 16.0. The van der Waals surface area contributed by atoms with Gasteiger partial charge in [0.05, 0.1) is 47.5 Å². The molecule has 7 nitrogen and oxygen atoms in total. The van der Waals surface area contributed by atoms with Crippen molar-refractivity contribution in [2.24, 2.45) is 5.73 Å². The minimum Gasteiger partial charge on any atom is -0.850 e. The normalized spacial score (nSPS) is 13.2. The molecule has 0 aromatic heterocycles. The number of methoxy groups -OCH3 is 1. The van der Waals surface area contributed by atoms with Crippen molar-refractivity contribution in [3.05, 3.63) is 146 Å². The third-order valence-electron chi connectivity index (χ3n) is 6.26. The second-order valence-corrected chi connectivity index (χ2v) is 12.1. The molecule has 2 N–H and O–H groups in total. The van der Waals surface area contributed by atoms with E-state index in [1.807, 2.05) is 54.6 Å². The van der Waals surface area contributed by atoms with Gasteiger partial charge in [0.15, 0.2) is 0 Å². The molecule has 1 aliphatic carbocycles. The van der Waals surface area contributed by atoms with Crippen LogP contribution in [0.25, 0.3) is 5.70 Å². The fraction of sp³-hybridized carbons (Fsp3) is 0.211. The quantitative estimate of drug-likeness (QED) is 0.130. The first-order chi connectivity index (χ1) is 23.2. The Morgan fingerprint density at radius 1 is 0.882 bits per heavy atom. The molecule has 0 fully saturated rings. The van der Waals surface area contributed by atoms with Gasteiger partial charge in [-0.1, -0.05) is 130 Å². The van der Waals surface area contributed by atoms with Crippen molar-refractivity contribution in [2.75, 3.05) is 7.11 Å². The maximum Gasteiger partial charge on any atom is 1.00 e. The summed E-state index contributed by atoms with van der Waals surface area (Å²) >= 11 is 21.5. The number of halogens is 5. The van der Waals surface area contributed by atoms with Crippen LogP contribution in [0.3, 0.4) is 0 Å². The van der Waals surface area contributed by atoms with Gasteiger partial charge in [-0.15, -0.1) is 5.60 Å². The SMILES string of the molecule is C.CC(C)(C)[O-].COC(=O)C1=C(N)c2cc(Cl)ccc2C1(C#N)c1ccccc1.II.N#CCc1ccccc1.N#Cc1cc(Cl)ccc1Cl.[K+]. The number of hydrogen-bond donors (Lipinski definition) is 1. The number of carbonyl (C=O) groups excluding carboxylic acids is 1. The number of fused-ring (bicyclic) bond motifs is 1. The zero-order chi connectivity index (χ0) is 37.2. The summed E-state index contributed by atoms with van der Waals surface area (Å²) < 4.78 is 4.88. The third-order valence-corrected chi connectivity index (χ3v) is 7.06. The van der Waals surface area contributed by atoms with Gasteiger partial charge < -0.3 is 15.6 Å². The molecule has 4 aromatic rings. The van der Waals surface area contributed by atoms with Crippen molar-refractivity contribution in [1.29, 1.82) is 15.8 Å². The Hall–Kier alpha value is -1.71. The van der Waals surface area contributed by atoms with E-state index < -0.39 is 17.0 Å². The van der Waals surface area contributed by atoms with E-state index in [2.05, 4.69) is 49.4 Å². The summed E-state index contributed by atoms with van der Waals surface area (Å²) in [6.45, 7) is 4.90. The van der Waals surface area contributed by atoms with Gasteiger partial charge in [0.2, 0.25) is 0 Å². The standard InChI is InChI=1S/C18H13ClN2O2.C8H7N.C7H3Cl2N.C4H9O.CH4.I2.K/c1-23-17(22)15-16(21)13-9-12(19)7-8-14(13)18(15,10-20)11-5-3-2-4-6-11;9-7-6-8-4-2-1-3-5-8;8-6-1-2-7(9)5(3-6)4-10;1-4(2,3)5;;1-2;/h2-9H,21H2,1H3;1-5H,6H2;1-3H;1-3H3;1H4;;/q;;;-1;;;+1. The summed E-state index contributed by atoms with van der Waals surface area (Å²) in [4.78, 5) is 12.4. The molecule has 1 unspecified atom stereocenters. The predicted octanol–water partition coefficient (Wildman–Crippen LogP) is 7.18. The number of esters is 1. The first-order valence-corrected chi connectivity index (χ1v) is 21.6. The van der Waals surface area contributed by atoms with Crippen molar-refractivity contribution in [3.63, 3.8) is 0 Å². The van der Waals surface area contributed by atoms with Crippen molar-refractivity contribution in [1.82, 2.24) is 0 Å². The Morgan fingerprint density at radius 2 is 1.37 bits per heavy atom. The van der Waals surface area contributed by atoms with Crippen LogP contribution in [-0.4, -0.2) is 18.7 Å². The molecule has 0 radical (unpaired) electrons. The Bertz CT molecular complexity index is 1850. The van der Waals surface area contributed by atoms with Gasteiger partial charge in [-0.2, -0.15) is 15.8 Å². The zero-order valence-corrected chi connectivity index (χ0v) is 37.7. The van der Waals surface area contributed by atoms with Crippen LogP contribution < -0.4 is 62.2 Å². The smallest absolute Gasteiger partial charge is 0.850 e. The summed E-state index contributed by atoms with van der Waals surface area (Å²) in [5.41, 5.74) is 7.86. The number of hydrogen-bond acceptors (Lipinski definition) is 7. The van der Waals surface area contributed by atoms with Crippen LogP contribution in [0.2, 0.25) is 15.1 Å². The Balaban J connectivity index is 0. The van der Waals surface area contributed by atoms with Crippen molar-refractivity contribution < 1.29 is 66.0 Å². The van der Waals surface area contributed by atoms with E-state index in [1.54, 1.807) is 63.2 Å². The fourth-order valence-corrected chi connectivity index (χ4v) is 4.85. The van der Waals surface area contributed by atoms with Gasteiger partial charge in [0.25, 0.3) is 0 Å². The average molecular weight is 996 g/mol. The molecule has 1 atom stereocenters. The van der Waals surface area contributed by atoms with Gasteiger partial charge in [-0.05, 0) is 47.0 Å². The summed E-state index contributed by atoms with van der Waals surface area (Å²) in [7, 11) is 1.27. The van der Waals surface area contributed by atoms with Gasteiger partial charge >= 0.3 is 57.4 Å². The molecule has 262 valence electrons. The number of nitrogens with zero attached hydrogens (tertiary/aromatic N) is 3. The maximum atomic E-state index is 12.4. The first-order valence-electron chi connectivity index (χ1n) is 14.2. The molecule has 0 saturated carbocycles. The number of rotatable bonds is 3. The fourth-order valence-electron chi connectivity index (χ4n) is 4.34. The molecular weight excluding hydrogens is 960 g/mol. The van der Waals surface area contributed by atoms with E-state index in [0.29, 0.717) is 43.7 Å². The largest absolute Gasteiger partial charge is 1.00 e. The second kappa shape index (κ2) is 26.1. The maximum absolute atomic E-state index is 12.4. The van der Waals surface area contributed by atoms with Crippen molar-refractivity contribution >= 4 is 83.7 Å². The zero-order valence-electron chi connectivity index (χ0n) is 28.0. The average Bonchev–Trinajstić information content (AvgIpc) is 3.34. The molecule has 13 heteroatoms. The molecular formula is C38H36Cl3I2KN4O3. The van der Waals surface area contributed by atoms with E-state index in [1.165, 1.54) is 13.2 Å². The molecule has 0 spiro atoms. The number of carbonyl (C=O) groups is 1. The minimum atomic E-state index is -1.31. The molecule has 5 rings (SSSR count). The topological polar surface area (TPSA) is 147 Å². The molecule has 0 bridgehead atoms. The van der Waals surface area contributed by atoms with Crippen LogP contribution in [0.4, 0.5) is 0 Å². The van der Waals surface area contributed by atoms with Crippen LogP contribution in [0, 0.1) is 34.0 Å². The molecule has 4 aromatic carbocycles. The van der Waals surface area contributed by atoms with E-state index in [9.17, 15) is 15.2 Å². The predicted molar refractivity (Wildman–Crippen MR) is 219 cm³/mol. The number of benzene rings is 4. The number of nitriles is 3. The molecule has 51 heavy (non-hydrogen) atoms. The Kier molecular flexibility index (Phi) is 26.3. The van der Waals surface area contributed by atoms with Crippen LogP contribution >= 0.6 is 72.0 Å². The van der Waals surface area contributed by atoms with E-state index >= 15 is 0 Å². The van der Waals surface area contributed by atoms with Crippen LogP contribution in [-0.2, 0) is 21.4 Å². The van der Waals surface area contributed by atoms with Crippen molar-refractivity contribution in [3.8, 4) is 18.2 Å². The van der Waals surface area contributed by atoms with Crippen molar-refractivity contribution in [2.45, 2.75) is 45.6 Å². The Labute approximate surface area is 382 Å². The Morgan fingerprint density at radius 3 is 1.82 bits per heavy atom. The molecule has 0 saturated heterocycles. The molecule has 0 heterocycles. The van der Waals surface area contributed by atoms with E-state index in [0.717, 1.165) is 5.56 Å².